The average molecular weight is 434 g/mol. The Morgan fingerprint density at radius 2 is 1.83 bits per heavy atom. The molecule has 0 aliphatic carbocycles. The lowest BCUT2D eigenvalue weighted by Gasteiger charge is -2.10. The van der Waals surface area contributed by atoms with Crippen molar-refractivity contribution in [2.24, 2.45) is 0 Å². The number of aryl methyl sites for hydroxylation is 1. The Bertz CT molecular complexity index is 1170. The maximum absolute atomic E-state index is 12.6. The van der Waals surface area contributed by atoms with Crippen LogP contribution < -0.4 is 0 Å². The number of carbonyl (C=O) groups is 2. The minimum atomic E-state index is -1.07. The SMILES string of the molecule is Cc1csc(C(C#N)C(=O)COC(=O)c2ccccc2Sc2ccccc2C#N)n1. The number of ether oxygens (including phenoxy) is 1. The van der Waals surface area contributed by atoms with Crippen molar-refractivity contribution in [2.45, 2.75) is 22.6 Å². The highest BCUT2D eigenvalue weighted by Crippen LogP contribution is 2.33. The number of carbonyl (C=O) groups excluding carboxylic acids is 2. The summed E-state index contributed by atoms with van der Waals surface area (Å²) in [5.41, 5.74) is 1.50. The van der Waals surface area contributed by atoms with Crippen LogP contribution in [0.3, 0.4) is 0 Å². The number of hydrogen-bond acceptors (Lipinski definition) is 8. The molecule has 0 aliphatic heterocycles. The molecule has 1 aromatic heterocycles. The van der Waals surface area contributed by atoms with Crippen molar-refractivity contribution < 1.29 is 14.3 Å². The fraction of sp³-hybridized carbons (Fsp3) is 0.136. The molecule has 3 aromatic rings. The Balaban J connectivity index is 1.73. The summed E-state index contributed by atoms with van der Waals surface area (Å²) < 4.78 is 5.19. The van der Waals surface area contributed by atoms with Gasteiger partial charge in [-0.3, -0.25) is 4.79 Å². The van der Waals surface area contributed by atoms with Crippen LogP contribution in [0.25, 0.3) is 0 Å². The van der Waals surface area contributed by atoms with Crippen molar-refractivity contribution in [3.63, 3.8) is 0 Å². The molecule has 0 radical (unpaired) electrons. The zero-order chi connectivity index (χ0) is 21.5. The highest BCUT2D eigenvalue weighted by molar-refractivity contribution is 7.99. The topological polar surface area (TPSA) is 104 Å². The van der Waals surface area contributed by atoms with Gasteiger partial charge in [0.25, 0.3) is 0 Å². The standard InChI is InChI=1S/C22H15N3O3S2/c1-14-13-29-21(25-14)17(11-24)18(26)12-28-22(27)16-7-3-5-9-20(16)30-19-8-4-2-6-15(19)10-23/h2-9,13,17H,12H2,1H3. The van der Waals surface area contributed by atoms with E-state index in [9.17, 15) is 20.1 Å². The molecular weight excluding hydrogens is 418 g/mol. The fourth-order valence-electron chi connectivity index (χ4n) is 2.56. The van der Waals surface area contributed by atoms with Crippen molar-refractivity contribution in [3.8, 4) is 12.1 Å². The highest BCUT2D eigenvalue weighted by atomic mass is 32.2. The van der Waals surface area contributed by atoms with E-state index >= 15 is 0 Å². The molecule has 0 amide bonds. The van der Waals surface area contributed by atoms with Gasteiger partial charge in [0.15, 0.2) is 18.3 Å². The average Bonchev–Trinajstić information content (AvgIpc) is 3.19. The quantitative estimate of drug-likeness (QED) is 0.505. The molecule has 1 heterocycles. The predicted octanol–water partition coefficient (Wildman–Crippen LogP) is 4.51. The van der Waals surface area contributed by atoms with Crippen LogP contribution in [-0.4, -0.2) is 23.3 Å². The Kier molecular flexibility index (Phi) is 6.97. The van der Waals surface area contributed by atoms with E-state index in [0.717, 1.165) is 5.69 Å². The highest BCUT2D eigenvalue weighted by Gasteiger charge is 2.25. The van der Waals surface area contributed by atoms with E-state index in [1.165, 1.54) is 23.1 Å². The number of ketones is 1. The maximum Gasteiger partial charge on any atom is 0.339 e. The van der Waals surface area contributed by atoms with Gasteiger partial charge >= 0.3 is 5.97 Å². The van der Waals surface area contributed by atoms with Crippen LogP contribution in [0, 0.1) is 29.6 Å². The summed E-state index contributed by atoms with van der Waals surface area (Å²) in [6.07, 6.45) is 0. The first-order valence-corrected chi connectivity index (χ1v) is 10.5. The van der Waals surface area contributed by atoms with Crippen LogP contribution >= 0.6 is 23.1 Å². The van der Waals surface area contributed by atoms with Crippen molar-refractivity contribution in [2.75, 3.05) is 6.61 Å². The molecular formula is C22H15N3O3S2. The van der Waals surface area contributed by atoms with Gasteiger partial charge in [-0.1, -0.05) is 36.0 Å². The summed E-state index contributed by atoms with van der Waals surface area (Å²) in [5, 5.41) is 20.7. The molecule has 148 valence electrons. The van der Waals surface area contributed by atoms with Crippen molar-refractivity contribution >= 4 is 34.9 Å². The van der Waals surface area contributed by atoms with Crippen LogP contribution in [0.2, 0.25) is 0 Å². The van der Waals surface area contributed by atoms with Gasteiger partial charge in [0, 0.05) is 20.9 Å². The molecule has 2 aromatic carbocycles. The molecule has 1 unspecified atom stereocenters. The molecule has 0 bridgehead atoms. The van der Waals surface area contributed by atoms with Crippen molar-refractivity contribution in [3.05, 3.63) is 75.7 Å². The van der Waals surface area contributed by atoms with E-state index in [1.54, 1.807) is 54.8 Å². The van der Waals surface area contributed by atoms with Crippen molar-refractivity contribution in [1.29, 1.82) is 10.5 Å². The van der Waals surface area contributed by atoms with Gasteiger partial charge in [-0.15, -0.1) is 11.3 Å². The minimum Gasteiger partial charge on any atom is -0.454 e. The van der Waals surface area contributed by atoms with Gasteiger partial charge in [-0.05, 0) is 31.2 Å². The van der Waals surface area contributed by atoms with Gasteiger partial charge in [0.2, 0.25) is 0 Å². The zero-order valence-electron chi connectivity index (χ0n) is 15.9. The van der Waals surface area contributed by atoms with Crippen LogP contribution in [0.5, 0.6) is 0 Å². The number of rotatable bonds is 7. The largest absolute Gasteiger partial charge is 0.454 e. The summed E-state index contributed by atoms with van der Waals surface area (Å²) in [7, 11) is 0. The number of benzene rings is 2. The first-order chi connectivity index (χ1) is 14.5. The van der Waals surface area contributed by atoms with E-state index in [1.807, 2.05) is 12.1 Å². The fourth-order valence-corrected chi connectivity index (χ4v) is 4.43. The zero-order valence-corrected chi connectivity index (χ0v) is 17.5. The molecule has 0 spiro atoms. The van der Waals surface area contributed by atoms with Gasteiger partial charge in [0.05, 0.1) is 17.2 Å². The summed E-state index contributed by atoms with van der Waals surface area (Å²) in [4.78, 5) is 30.5. The number of thiazole rings is 1. The molecule has 8 heteroatoms. The number of aromatic nitrogens is 1. The van der Waals surface area contributed by atoms with Crippen LogP contribution in [0.15, 0.2) is 63.7 Å². The molecule has 3 rings (SSSR count). The first-order valence-electron chi connectivity index (χ1n) is 8.81. The second-order valence-electron chi connectivity index (χ2n) is 6.14. The van der Waals surface area contributed by atoms with Gasteiger partial charge < -0.3 is 4.74 Å². The second kappa shape index (κ2) is 9.84. The van der Waals surface area contributed by atoms with E-state index in [2.05, 4.69) is 11.1 Å². The number of Topliss-reactive ketones (excluding diaryl/α,β-unsaturated/α-hetero) is 1. The monoisotopic (exact) mass is 433 g/mol. The summed E-state index contributed by atoms with van der Waals surface area (Å²) in [6.45, 7) is 1.25. The molecule has 0 fully saturated rings. The minimum absolute atomic E-state index is 0.279. The lowest BCUT2D eigenvalue weighted by Crippen LogP contribution is -2.20. The number of nitrogens with zero attached hydrogens (tertiary/aromatic N) is 3. The van der Waals surface area contributed by atoms with Gasteiger partial charge in [-0.25, -0.2) is 9.78 Å². The van der Waals surface area contributed by atoms with E-state index in [4.69, 9.17) is 4.74 Å². The summed E-state index contributed by atoms with van der Waals surface area (Å²) >= 11 is 2.49. The van der Waals surface area contributed by atoms with Crippen LogP contribution in [-0.2, 0) is 9.53 Å². The first kappa shape index (κ1) is 21.3. The van der Waals surface area contributed by atoms with E-state index in [-0.39, 0.29) is 5.56 Å². The molecule has 0 aliphatic rings. The molecule has 0 saturated carbocycles. The maximum atomic E-state index is 12.6. The third-order valence-electron chi connectivity index (χ3n) is 4.01. The van der Waals surface area contributed by atoms with E-state index < -0.39 is 24.3 Å². The molecule has 30 heavy (non-hydrogen) atoms. The Morgan fingerprint density at radius 3 is 2.50 bits per heavy atom. The summed E-state index contributed by atoms with van der Waals surface area (Å²) in [6, 6.07) is 17.9. The van der Waals surface area contributed by atoms with Crippen LogP contribution in [0.1, 0.15) is 32.5 Å². The molecule has 0 N–H and O–H groups in total. The Labute approximate surface area is 181 Å². The normalized spacial score (nSPS) is 11.2. The molecule has 0 saturated heterocycles. The third kappa shape index (κ3) is 4.93. The lowest BCUT2D eigenvalue weighted by atomic mass is 10.1. The smallest absolute Gasteiger partial charge is 0.339 e. The predicted molar refractivity (Wildman–Crippen MR) is 112 cm³/mol. The Hall–Kier alpha value is -3.46. The van der Waals surface area contributed by atoms with Crippen LogP contribution in [0.4, 0.5) is 0 Å². The number of esters is 1. The third-order valence-corrected chi connectivity index (χ3v) is 6.19. The molecule has 6 nitrogen and oxygen atoms in total. The molecule has 1 atom stereocenters. The second-order valence-corrected chi connectivity index (χ2v) is 8.11. The van der Waals surface area contributed by atoms with Crippen molar-refractivity contribution in [1.82, 2.24) is 4.98 Å². The van der Waals surface area contributed by atoms with Gasteiger partial charge in [0.1, 0.15) is 11.1 Å². The Morgan fingerprint density at radius 1 is 1.13 bits per heavy atom. The number of nitriles is 2. The van der Waals surface area contributed by atoms with Gasteiger partial charge in [-0.2, -0.15) is 10.5 Å². The number of hydrogen-bond donors (Lipinski definition) is 0. The lowest BCUT2D eigenvalue weighted by molar-refractivity contribution is -0.122. The van der Waals surface area contributed by atoms with E-state index in [0.29, 0.717) is 20.4 Å². The summed E-state index contributed by atoms with van der Waals surface area (Å²) in [5.74, 6) is -2.27.